The molecule has 0 aromatic heterocycles. The highest BCUT2D eigenvalue weighted by molar-refractivity contribution is 7.80. The van der Waals surface area contributed by atoms with Crippen molar-refractivity contribution in [1.82, 2.24) is 0 Å². The van der Waals surface area contributed by atoms with Gasteiger partial charge in [0, 0.05) is 18.6 Å². The summed E-state index contributed by atoms with van der Waals surface area (Å²) in [6.45, 7) is 0. The SMILES string of the molecule is NC(CS)C(=O)CCCCCCCCCCCCCCCC(=O)O. The van der Waals surface area contributed by atoms with Crippen LogP contribution in [0.5, 0.6) is 0 Å². The number of Topliss-reactive ketones (excluding diaryl/α,β-unsaturated/α-hetero) is 1. The maximum atomic E-state index is 11.5. The topological polar surface area (TPSA) is 80.4 Å². The Bertz CT molecular complexity index is 324. The highest BCUT2D eigenvalue weighted by Gasteiger charge is 2.10. The molecule has 3 N–H and O–H groups in total. The van der Waals surface area contributed by atoms with Gasteiger partial charge in [-0.05, 0) is 12.8 Å². The second kappa shape index (κ2) is 17.3. The summed E-state index contributed by atoms with van der Waals surface area (Å²) in [6.07, 6.45) is 16.3. The third-order valence-electron chi connectivity index (χ3n) is 4.42. The largest absolute Gasteiger partial charge is 0.481 e. The molecule has 142 valence electrons. The molecule has 0 amide bonds. The van der Waals surface area contributed by atoms with E-state index in [1.807, 2.05) is 0 Å². The Morgan fingerprint density at radius 1 is 0.708 bits per heavy atom. The zero-order chi connectivity index (χ0) is 18.0. The quantitative estimate of drug-likeness (QED) is 0.244. The van der Waals surface area contributed by atoms with Gasteiger partial charge in [-0.3, -0.25) is 9.59 Å². The number of hydrogen-bond donors (Lipinski definition) is 3. The van der Waals surface area contributed by atoms with Crippen molar-refractivity contribution < 1.29 is 14.7 Å². The lowest BCUT2D eigenvalue weighted by Crippen LogP contribution is -2.31. The van der Waals surface area contributed by atoms with Crippen LogP contribution in [-0.4, -0.2) is 28.7 Å². The highest BCUT2D eigenvalue weighted by Crippen LogP contribution is 2.13. The lowest BCUT2D eigenvalue weighted by molar-refractivity contribution is -0.137. The first kappa shape index (κ1) is 23.4. The second-order valence-electron chi connectivity index (χ2n) is 6.75. The average Bonchev–Trinajstić information content (AvgIpc) is 2.57. The van der Waals surface area contributed by atoms with Crippen LogP contribution in [0.3, 0.4) is 0 Å². The van der Waals surface area contributed by atoms with E-state index in [-0.39, 0.29) is 11.8 Å². The van der Waals surface area contributed by atoms with Crippen LogP contribution < -0.4 is 5.73 Å². The molecule has 0 aromatic rings. The number of ketones is 1. The summed E-state index contributed by atoms with van der Waals surface area (Å²) in [5.41, 5.74) is 5.63. The van der Waals surface area contributed by atoms with E-state index in [0.717, 1.165) is 25.7 Å². The standard InChI is InChI=1S/C19H37NO3S/c20-17(16-24)18(21)14-12-10-8-6-4-2-1-3-5-7-9-11-13-15-19(22)23/h17,24H,1-16,20H2,(H,22,23). The highest BCUT2D eigenvalue weighted by atomic mass is 32.1. The van der Waals surface area contributed by atoms with Gasteiger partial charge in [0.15, 0.2) is 0 Å². The molecule has 4 nitrogen and oxygen atoms in total. The second-order valence-corrected chi connectivity index (χ2v) is 7.11. The molecule has 0 saturated carbocycles. The van der Waals surface area contributed by atoms with E-state index in [2.05, 4.69) is 12.6 Å². The fourth-order valence-electron chi connectivity index (χ4n) is 2.81. The Balaban J connectivity index is 3.13. The van der Waals surface area contributed by atoms with Crippen LogP contribution in [0.1, 0.15) is 96.3 Å². The third-order valence-corrected chi connectivity index (χ3v) is 4.82. The molecular formula is C19H37NO3S. The maximum absolute atomic E-state index is 11.5. The smallest absolute Gasteiger partial charge is 0.303 e. The first-order valence-corrected chi connectivity index (χ1v) is 10.3. The zero-order valence-corrected chi connectivity index (χ0v) is 16.1. The Labute approximate surface area is 153 Å². The first-order chi connectivity index (χ1) is 11.6. The Morgan fingerprint density at radius 3 is 1.38 bits per heavy atom. The van der Waals surface area contributed by atoms with Crippen LogP contribution in [0, 0.1) is 0 Å². The Hall–Kier alpha value is -0.550. The normalized spacial score (nSPS) is 12.2. The molecule has 0 saturated heterocycles. The van der Waals surface area contributed by atoms with Gasteiger partial charge < -0.3 is 10.8 Å². The lowest BCUT2D eigenvalue weighted by Gasteiger charge is -2.06. The van der Waals surface area contributed by atoms with Gasteiger partial charge in [-0.1, -0.05) is 70.6 Å². The summed E-state index contributed by atoms with van der Waals surface area (Å²) < 4.78 is 0. The third kappa shape index (κ3) is 16.3. The van der Waals surface area contributed by atoms with Crippen LogP contribution in [0.15, 0.2) is 0 Å². The summed E-state index contributed by atoms with van der Waals surface area (Å²) in [6, 6.07) is -0.384. The molecule has 0 aliphatic carbocycles. The number of nitrogens with two attached hydrogens (primary N) is 1. The van der Waals surface area contributed by atoms with Crippen molar-refractivity contribution in [1.29, 1.82) is 0 Å². The number of thiol groups is 1. The molecule has 1 unspecified atom stereocenters. The fourth-order valence-corrected chi connectivity index (χ4v) is 3.01. The molecular weight excluding hydrogens is 322 g/mol. The molecule has 5 heteroatoms. The van der Waals surface area contributed by atoms with Crippen molar-refractivity contribution in [2.75, 3.05) is 5.75 Å². The minimum atomic E-state index is -0.678. The number of carbonyl (C=O) groups is 2. The fraction of sp³-hybridized carbons (Fsp3) is 0.895. The Morgan fingerprint density at radius 2 is 1.04 bits per heavy atom. The van der Waals surface area contributed by atoms with Gasteiger partial charge in [-0.2, -0.15) is 12.6 Å². The summed E-state index contributed by atoms with van der Waals surface area (Å²) in [7, 11) is 0. The number of unbranched alkanes of at least 4 members (excludes halogenated alkanes) is 12. The molecule has 0 rings (SSSR count). The van der Waals surface area contributed by atoms with Crippen LogP contribution in [-0.2, 0) is 9.59 Å². The summed E-state index contributed by atoms with van der Waals surface area (Å²) in [5, 5.41) is 8.54. The van der Waals surface area contributed by atoms with Crippen molar-refractivity contribution in [3.8, 4) is 0 Å². The zero-order valence-electron chi connectivity index (χ0n) is 15.2. The van der Waals surface area contributed by atoms with E-state index in [9.17, 15) is 9.59 Å². The monoisotopic (exact) mass is 359 g/mol. The summed E-state index contributed by atoms with van der Waals surface area (Å²) in [5.74, 6) is -0.0861. The average molecular weight is 360 g/mol. The number of carbonyl (C=O) groups excluding carboxylic acids is 1. The predicted octanol–water partition coefficient (Wildman–Crippen LogP) is 4.75. The van der Waals surface area contributed by atoms with Crippen LogP contribution in [0.25, 0.3) is 0 Å². The molecule has 0 aliphatic rings. The van der Waals surface area contributed by atoms with Crippen molar-refractivity contribution in [2.45, 2.75) is 102 Å². The van der Waals surface area contributed by atoms with Gasteiger partial charge in [0.1, 0.15) is 5.78 Å². The van der Waals surface area contributed by atoms with E-state index in [1.54, 1.807) is 0 Å². The van der Waals surface area contributed by atoms with Crippen molar-refractivity contribution in [3.05, 3.63) is 0 Å². The number of aliphatic carboxylic acids is 1. The minimum Gasteiger partial charge on any atom is -0.481 e. The van der Waals surface area contributed by atoms with Gasteiger partial charge in [0.05, 0.1) is 6.04 Å². The maximum Gasteiger partial charge on any atom is 0.303 e. The number of rotatable bonds is 18. The Kier molecular flexibility index (Phi) is 16.9. The number of carboxylic acid groups (broad SMARTS) is 1. The molecule has 1 atom stereocenters. The molecule has 0 aliphatic heterocycles. The van der Waals surface area contributed by atoms with Crippen LogP contribution in [0.4, 0.5) is 0 Å². The van der Waals surface area contributed by atoms with Gasteiger partial charge >= 0.3 is 5.97 Å². The van der Waals surface area contributed by atoms with Gasteiger partial charge in [-0.15, -0.1) is 0 Å². The number of carboxylic acids is 1. The minimum absolute atomic E-state index is 0.146. The van der Waals surface area contributed by atoms with E-state index in [1.165, 1.54) is 57.8 Å². The van der Waals surface area contributed by atoms with E-state index in [0.29, 0.717) is 18.6 Å². The summed E-state index contributed by atoms with van der Waals surface area (Å²) >= 11 is 4.04. The van der Waals surface area contributed by atoms with Gasteiger partial charge in [0.2, 0.25) is 0 Å². The van der Waals surface area contributed by atoms with E-state index >= 15 is 0 Å². The molecule has 0 bridgehead atoms. The van der Waals surface area contributed by atoms with Crippen LogP contribution >= 0.6 is 12.6 Å². The van der Waals surface area contributed by atoms with E-state index in [4.69, 9.17) is 10.8 Å². The molecule has 0 heterocycles. The van der Waals surface area contributed by atoms with Gasteiger partial charge in [0.25, 0.3) is 0 Å². The molecule has 0 radical (unpaired) electrons. The predicted molar refractivity (Wildman–Crippen MR) is 104 cm³/mol. The molecule has 0 aromatic carbocycles. The molecule has 0 fully saturated rings. The number of hydrogen-bond acceptors (Lipinski definition) is 4. The molecule has 24 heavy (non-hydrogen) atoms. The lowest BCUT2D eigenvalue weighted by atomic mass is 10.0. The summed E-state index contributed by atoms with van der Waals surface area (Å²) in [4.78, 5) is 21.9. The van der Waals surface area contributed by atoms with Crippen LogP contribution in [0.2, 0.25) is 0 Å². The van der Waals surface area contributed by atoms with Crippen molar-refractivity contribution in [2.24, 2.45) is 5.73 Å². The van der Waals surface area contributed by atoms with Crippen molar-refractivity contribution >= 4 is 24.4 Å². The van der Waals surface area contributed by atoms with E-state index < -0.39 is 5.97 Å². The van der Waals surface area contributed by atoms with Gasteiger partial charge in [-0.25, -0.2) is 0 Å². The first-order valence-electron chi connectivity index (χ1n) is 9.69. The van der Waals surface area contributed by atoms with Crippen molar-refractivity contribution in [3.63, 3.8) is 0 Å². The molecule has 0 spiro atoms.